The number of hydrogen-bond acceptors (Lipinski definition) is 4. The van der Waals surface area contributed by atoms with E-state index in [1.165, 1.54) is 13.2 Å². The Morgan fingerprint density at radius 3 is 2.62 bits per heavy atom. The van der Waals surface area contributed by atoms with E-state index in [1.807, 2.05) is 6.92 Å². The molecule has 0 aliphatic carbocycles. The number of nitrogens with zero attached hydrogens (tertiary/aromatic N) is 5. The molecule has 1 N–H and O–H groups in total. The van der Waals surface area contributed by atoms with Crippen molar-refractivity contribution in [2.45, 2.75) is 46.1 Å². The average molecular weight is 340 g/mol. The third-order valence-corrected chi connectivity index (χ3v) is 3.77. The first-order valence-corrected chi connectivity index (χ1v) is 7.86. The van der Waals surface area contributed by atoms with Gasteiger partial charge in [-0.3, -0.25) is 9.48 Å². The van der Waals surface area contributed by atoms with Crippen LogP contribution in [0.25, 0.3) is 0 Å². The predicted octanol–water partition coefficient (Wildman–Crippen LogP) is 2.35. The van der Waals surface area contributed by atoms with Gasteiger partial charge in [0.2, 0.25) is 0 Å². The molecule has 7 nitrogen and oxygen atoms in total. The van der Waals surface area contributed by atoms with Gasteiger partial charge in [0.05, 0.1) is 23.8 Å². The summed E-state index contributed by atoms with van der Waals surface area (Å²) in [7, 11) is 1.31. The van der Waals surface area contributed by atoms with Gasteiger partial charge >= 0.3 is 11.8 Å². The van der Waals surface area contributed by atoms with Crippen molar-refractivity contribution in [3.05, 3.63) is 23.8 Å². The average Bonchev–Trinajstić information content (AvgIpc) is 3.11. The molecule has 2 heterocycles. The smallest absolute Gasteiger partial charge is 0.318 e. The highest BCUT2D eigenvalue weighted by Crippen LogP contribution is 2.29. The van der Waals surface area contributed by atoms with Gasteiger partial charge in [0.15, 0.2) is 0 Å². The second kappa shape index (κ2) is 7.06. The summed E-state index contributed by atoms with van der Waals surface area (Å²) < 4.78 is 31.2. The fraction of sp³-hybridized carbons (Fsp3) is 0.600. The third-order valence-electron chi connectivity index (χ3n) is 3.77. The number of carbonyl (C=O) groups is 1. The summed E-state index contributed by atoms with van der Waals surface area (Å²) in [6, 6.07) is 0. The Bertz CT molecular complexity index is 707. The van der Waals surface area contributed by atoms with Crippen molar-refractivity contribution in [3.63, 3.8) is 0 Å². The van der Waals surface area contributed by atoms with Crippen LogP contribution in [0.1, 0.15) is 38.6 Å². The number of carbonyl (C=O) groups excluding carboxylic acids is 1. The number of hydrogen-bond donors (Lipinski definition) is 1. The Hall–Kier alpha value is -2.32. The lowest BCUT2D eigenvalue weighted by molar-refractivity contribution is -0.141. The molecule has 0 spiro atoms. The van der Waals surface area contributed by atoms with E-state index in [0.717, 1.165) is 23.0 Å². The monoisotopic (exact) mass is 340 g/mol. The van der Waals surface area contributed by atoms with Crippen LogP contribution in [0, 0.1) is 5.92 Å². The second-order valence-electron chi connectivity index (χ2n) is 6.04. The predicted molar refractivity (Wildman–Crippen MR) is 84.6 cm³/mol. The van der Waals surface area contributed by atoms with E-state index in [-0.39, 0.29) is 0 Å². The molecule has 132 valence electrons. The van der Waals surface area contributed by atoms with Crippen LogP contribution in [0.4, 0.5) is 14.5 Å². The molecule has 1 amide bonds. The standard InChI is InChI=1S/C15H22F2N6O/c1-5-12-11(8-19-23(12)7-6-10(2)3)20-14(24)15(16,17)13-9-18-21-22(13)4/h8-10H,5-7H2,1-4H3,(H,20,24). The van der Waals surface area contributed by atoms with Gasteiger partial charge in [-0.2, -0.15) is 13.9 Å². The Labute approximate surface area is 139 Å². The van der Waals surface area contributed by atoms with Gasteiger partial charge in [-0.15, -0.1) is 5.10 Å². The lowest BCUT2D eigenvalue weighted by Crippen LogP contribution is -2.34. The van der Waals surface area contributed by atoms with Crippen LogP contribution in [0.3, 0.4) is 0 Å². The highest BCUT2D eigenvalue weighted by molar-refractivity contribution is 5.96. The second-order valence-corrected chi connectivity index (χ2v) is 6.04. The molecule has 9 heteroatoms. The molecule has 0 fully saturated rings. The molecule has 24 heavy (non-hydrogen) atoms. The minimum Gasteiger partial charge on any atom is -0.318 e. The highest BCUT2D eigenvalue weighted by atomic mass is 19.3. The largest absolute Gasteiger partial charge is 0.367 e. The summed E-state index contributed by atoms with van der Waals surface area (Å²) in [6.45, 7) is 6.76. The van der Waals surface area contributed by atoms with E-state index in [0.29, 0.717) is 24.6 Å². The van der Waals surface area contributed by atoms with Gasteiger partial charge in [-0.1, -0.05) is 26.0 Å². The topological polar surface area (TPSA) is 77.6 Å². The first-order valence-electron chi connectivity index (χ1n) is 7.86. The molecule has 0 aliphatic rings. The Balaban J connectivity index is 2.18. The summed E-state index contributed by atoms with van der Waals surface area (Å²) >= 11 is 0. The van der Waals surface area contributed by atoms with Gasteiger partial charge in [-0.25, -0.2) is 4.68 Å². The Morgan fingerprint density at radius 2 is 2.08 bits per heavy atom. The molecule has 0 saturated heterocycles. The molecular formula is C15H22F2N6O. The molecule has 0 aliphatic heterocycles. The number of nitrogens with one attached hydrogen (secondary N) is 1. The Morgan fingerprint density at radius 1 is 1.38 bits per heavy atom. The minimum absolute atomic E-state index is 0.307. The summed E-state index contributed by atoms with van der Waals surface area (Å²) in [5.74, 6) is -4.66. The lowest BCUT2D eigenvalue weighted by Gasteiger charge is -2.16. The maximum Gasteiger partial charge on any atom is 0.367 e. The molecule has 2 rings (SSSR count). The molecule has 2 aromatic heterocycles. The number of anilines is 1. The van der Waals surface area contributed by atoms with Crippen LogP contribution in [0.2, 0.25) is 0 Å². The zero-order chi connectivity index (χ0) is 17.9. The van der Waals surface area contributed by atoms with Gasteiger partial charge in [0, 0.05) is 13.6 Å². The fourth-order valence-electron chi connectivity index (χ4n) is 2.35. The van der Waals surface area contributed by atoms with Crippen molar-refractivity contribution in [2.75, 3.05) is 5.32 Å². The summed E-state index contributed by atoms with van der Waals surface area (Å²) in [5, 5.41) is 13.3. The van der Waals surface area contributed by atoms with E-state index in [4.69, 9.17) is 0 Å². The van der Waals surface area contributed by atoms with Gasteiger partial charge in [0.25, 0.3) is 0 Å². The van der Waals surface area contributed by atoms with Crippen LogP contribution < -0.4 is 5.32 Å². The number of alkyl halides is 2. The van der Waals surface area contributed by atoms with Crippen molar-refractivity contribution in [1.82, 2.24) is 24.8 Å². The Kier molecular flexibility index (Phi) is 5.30. The van der Waals surface area contributed by atoms with E-state index < -0.39 is 17.5 Å². The van der Waals surface area contributed by atoms with E-state index >= 15 is 0 Å². The lowest BCUT2D eigenvalue weighted by atomic mass is 10.1. The van der Waals surface area contributed by atoms with Gasteiger partial charge in [0.1, 0.15) is 5.69 Å². The van der Waals surface area contributed by atoms with E-state index in [2.05, 4.69) is 34.6 Å². The number of aromatic nitrogens is 5. The van der Waals surface area contributed by atoms with Crippen LogP contribution in [-0.4, -0.2) is 30.7 Å². The van der Waals surface area contributed by atoms with Crippen molar-refractivity contribution in [2.24, 2.45) is 13.0 Å². The SMILES string of the molecule is CCc1c(NC(=O)C(F)(F)c2cnnn2C)cnn1CCC(C)C. The van der Waals surface area contributed by atoms with Gasteiger partial charge in [-0.05, 0) is 18.8 Å². The normalized spacial score (nSPS) is 12.0. The third kappa shape index (κ3) is 3.60. The summed E-state index contributed by atoms with van der Waals surface area (Å²) in [5.41, 5.74) is 0.467. The molecule has 2 aromatic rings. The summed E-state index contributed by atoms with van der Waals surface area (Å²) in [6.07, 6.45) is 3.78. The molecular weight excluding hydrogens is 318 g/mol. The molecule has 0 saturated carbocycles. The number of halogens is 2. The van der Waals surface area contributed by atoms with Crippen LogP contribution in [-0.2, 0) is 30.7 Å². The number of aryl methyl sites for hydroxylation is 2. The van der Waals surface area contributed by atoms with Crippen molar-refractivity contribution < 1.29 is 13.6 Å². The quantitative estimate of drug-likeness (QED) is 0.839. The van der Waals surface area contributed by atoms with Crippen LogP contribution in [0.15, 0.2) is 12.4 Å². The van der Waals surface area contributed by atoms with Gasteiger partial charge < -0.3 is 5.32 Å². The summed E-state index contributed by atoms with van der Waals surface area (Å²) in [4.78, 5) is 12.1. The van der Waals surface area contributed by atoms with Crippen molar-refractivity contribution in [1.29, 1.82) is 0 Å². The van der Waals surface area contributed by atoms with E-state index in [9.17, 15) is 13.6 Å². The number of rotatable bonds is 7. The highest BCUT2D eigenvalue weighted by Gasteiger charge is 2.44. The van der Waals surface area contributed by atoms with E-state index in [1.54, 1.807) is 4.68 Å². The molecule has 0 aromatic carbocycles. The zero-order valence-corrected chi connectivity index (χ0v) is 14.3. The minimum atomic E-state index is -3.73. The maximum absolute atomic E-state index is 14.3. The van der Waals surface area contributed by atoms with Crippen LogP contribution in [0.5, 0.6) is 0 Å². The fourth-order valence-corrected chi connectivity index (χ4v) is 2.35. The zero-order valence-electron chi connectivity index (χ0n) is 14.3. The first-order chi connectivity index (χ1) is 11.3. The molecule has 0 atom stereocenters. The van der Waals surface area contributed by atoms with Crippen LogP contribution >= 0.6 is 0 Å². The molecule has 0 radical (unpaired) electrons. The number of amides is 1. The molecule has 0 bridgehead atoms. The first kappa shape index (κ1) is 18.0. The molecule has 0 unspecified atom stereocenters. The maximum atomic E-state index is 14.3. The van der Waals surface area contributed by atoms with Crippen molar-refractivity contribution >= 4 is 11.6 Å². The van der Waals surface area contributed by atoms with Crippen molar-refractivity contribution in [3.8, 4) is 0 Å².